The Morgan fingerprint density at radius 2 is 1.81 bits per heavy atom. The van der Waals surface area contributed by atoms with Gasteiger partial charge in [-0.3, -0.25) is 4.79 Å². The molecule has 0 heterocycles. The summed E-state index contributed by atoms with van der Waals surface area (Å²) in [6.07, 6.45) is 4.52. The minimum atomic E-state index is -1.14. The molecule has 2 aromatic rings. The quantitative estimate of drug-likeness (QED) is 0.587. The lowest BCUT2D eigenvalue weighted by molar-refractivity contribution is 0.0698. The largest absolute Gasteiger partial charge is 0.494 e. The van der Waals surface area contributed by atoms with Crippen LogP contribution >= 0.6 is 11.6 Å². The molecule has 0 aliphatic rings. The van der Waals surface area contributed by atoms with Crippen LogP contribution in [0.2, 0.25) is 5.02 Å². The Balaban J connectivity index is 1.98. The Hall–Kier alpha value is -2.53. The summed E-state index contributed by atoms with van der Waals surface area (Å²) in [6, 6.07) is 11.0. The van der Waals surface area contributed by atoms with E-state index >= 15 is 0 Å². The van der Waals surface area contributed by atoms with Crippen LogP contribution < -0.4 is 10.1 Å². The van der Waals surface area contributed by atoms with E-state index in [1.165, 1.54) is 31.0 Å². The molecule has 2 aromatic carbocycles. The van der Waals surface area contributed by atoms with Crippen molar-refractivity contribution in [3.05, 3.63) is 58.6 Å². The topological polar surface area (TPSA) is 75.6 Å². The molecule has 26 heavy (non-hydrogen) atoms. The van der Waals surface area contributed by atoms with Crippen LogP contribution in [-0.2, 0) is 0 Å². The highest BCUT2D eigenvalue weighted by molar-refractivity contribution is 6.31. The van der Waals surface area contributed by atoms with Crippen LogP contribution in [-0.4, -0.2) is 23.6 Å². The number of carbonyl (C=O) groups excluding carboxylic acids is 1. The Labute approximate surface area is 157 Å². The van der Waals surface area contributed by atoms with Gasteiger partial charge >= 0.3 is 5.97 Å². The van der Waals surface area contributed by atoms with Crippen LogP contribution in [0.15, 0.2) is 42.5 Å². The molecule has 138 valence electrons. The molecule has 0 bridgehead atoms. The molecule has 2 rings (SSSR count). The lowest BCUT2D eigenvalue weighted by Gasteiger charge is -2.10. The van der Waals surface area contributed by atoms with Gasteiger partial charge in [0, 0.05) is 10.6 Å². The minimum absolute atomic E-state index is 0.0187. The van der Waals surface area contributed by atoms with Crippen LogP contribution in [0.1, 0.15) is 53.3 Å². The third-order valence-corrected chi connectivity index (χ3v) is 4.08. The summed E-state index contributed by atoms with van der Waals surface area (Å²) in [5.74, 6) is -0.847. The molecule has 0 saturated carbocycles. The summed E-state index contributed by atoms with van der Waals surface area (Å²) in [7, 11) is 0. The molecule has 0 aliphatic heterocycles. The number of ether oxygens (including phenoxy) is 1. The molecule has 0 aromatic heterocycles. The Morgan fingerprint density at radius 3 is 2.46 bits per heavy atom. The fourth-order valence-corrected chi connectivity index (χ4v) is 2.59. The molecular weight excluding hydrogens is 354 g/mol. The lowest BCUT2D eigenvalue weighted by Crippen LogP contribution is -2.14. The monoisotopic (exact) mass is 375 g/mol. The highest BCUT2D eigenvalue weighted by Gasteiger charge is 2.14. The molecule has 0 saturated heterocycles. The van der Waals surface area contributed by atoms with Crippen molar-refractivity contribution in [3.8, 4) is 5.75 Å². The van der Waals surface area contributed by atoms with Gasteiger partial charge in [0.15, 0.2) is 0 Å². The maximum absolute atomic E-state index is 12.4. The number of carbonyl (C=O) groups is 2. The lowest BCUT2D eigenvalue weighted by atomic mass is 10.1. The first-order valence-electron chi connectivity index (χ1n) is 8.58. The van der Waals surface area contributed by atoms with Crippen molar-refractivity contribution in [2.24, 2.45) is 0 Å². The van der Waals surface area contributed by atoms with Gasteiger partial charge in [0.05, 0.1) is 17.9 Å². The minimum Gasteiger partial charge on any atom is -0.494 e. The van der Waals surface area contributed by atoms with Crippen LogP contribution in [0.25, 0.3) is 0 Å². The van der Waals surface area contributed by atoms with Crippen molar-refractivity contribution < 1.29 is 19.4 Å². The van der Waals surface area contributed by atoms with E-state index < -0.39 is 11.9 Å². The number of aromatic carboxylic acids is 1. The summed E-state index contributed by atoms with van der Waals surface area (Å²) < 4.78 is 5.65. The zero-order chi connectivity index (χ0) is 18.9. The number of carboxylic acid groups (broad SMARTS) is 1. The van der Waals surface area contributed by atoms with E-state index in [9.17, 15) is 14.7 Å². The van der Waals surface area contributed by atoms with Gasteiger partial charge in [0.25, 0.3) is 5.91 Å². The second-order valence-corrected chi connectivity index (χ2v) is 6.32. The molecule has 0 atom stereocenters. The van der Waals surface area contributed by atoms with Crippen molar-refractivity contribution in [3.63, 3.8) is 0 Å². The van der Waals surface area contributed by atoms with Crippen molar-refractivity contribution in [2.45, 2.75) is 32.6 Å². The first kappa shape index (κ1) is 19.8. The van der Waals surface area contributed by atoms with Gasteiger partial charge in [-0.25, -0.2) is 4.79 Å². The number of nitrogens with one attached hydrogen (secondary N) is 1. The number of hydrogen-bond acceptors (Lipinski definition) is 3. The van der Waals surface area contributed by atoms with E-state index in [2.05, 4.69) is 12.2 Å². The van der Waals surface area contributed by atoms with Crippen molar-refractivity contribution >= 4 is 29.2 Å². The highest BCUT2D eigenvalue weighted by Crippen LogP contribution is 2.22. The standard InChI is InChI=1S/C20H22ClNO4/c1-2-3-4-5-12-26-16-9-6-14(7-10-16)19(23)22-18-13-15(21)8-11-17(18)20(24)25/h6-11,13H,2-5,12H2,1H3,(H,22,23)(H,24,25). The van der Waals surface area contributed by atoms with Gasteiger partial charge in [0.1, 0.15) is 5.75 Å². The van der Waals surface area contributed by atoms with Gasteiger partial charge in [-0.15, -0.1) is 0 Å². The number of unbranched alkanes of at least 4 members (excludes halogenated alkanes) is 3. The number of hydrogen-bond donors (Lipinski definition) is 2. The number of carboxylic acids is 1. The average Bonchev–Trinajstić information content (AvgIpc) is 2.62. The maximum Gasteiger partial charge on any atom is 0.337 e. The summed E-state index contributed by atoms with van der Waals surface area (Å²) in [5.41, 5.74) is 0.542. The molecular formula is C20H22ClNO4. The molecule has 6 heteroatoms. The fourth-order valence-electron chi connectivity index (χ4n) is 2.42. The molecule has 0 aliphatic carbocycles. The van der Waals surface area contributed by atoms with E-state index in [1.807, 2.05) is 0 Å². The predicted molar refractivity (Wildman–Crippen MR) is 102 cm³/mol. The Morgan fingerprint density at radius 1 is 1.08 bits per heavy atom. The summed E-state index contributed by atoms with van der Waals surface area (Å²) in [6.45, 7) is 2.81. The zero-order valence-corrected chi connectivity index (χ0v) is 15.4. The van der Waals surface area contributed by atoms with Gasteiger partial charge in [-0.05, 0) is 48.9 Å². The second-order valence-electron chi connectivity index (χ2n) is 5.88. The van der Waals surface area contributed by atoms with Gasteiger partial charge in [-0.2, -0.15) is 0 Å². The average molecular weight is 376 g/mol. The summed E-state index contributed by atoms with van der Waals surface area (Å²) in [5, 5.41) is 12.1. The SMILES string of the molecule is CCCCCCOc1ccc(C(=O)Nc2cc(Cl)ccc2C(=O)O)cc1. The third kappa shape index (κ3) is 5.77. The third-order valence-electron chi connectivity index (χ3n) is 3.84. The molecule has 5 nitrogen and oxygen atoms in total. The molecule has 0 fully saturated rings. The van der Waals surface area contributed by atoms with Gasteiger partial charge in [-0.1, -0.05) is 37.8 Å². The molecule has 2 N–H and O–H groups in total. The number of benzene rings is 2. The van der Waals surface area contributed by atoms with Crippen LogP contribution in [0, 0.1) is 0 Å². The van der Waals surface area contributed by atoms with E-state index in [-0.39, 0.29) is 11.3 Å². The zero-order valence-electron chi connectivity index (χ0n) is 14.6. The predicted octanol–water partition coefficient (Wildman–Crippen LogP) is 5.25. The number of halogens is 1. The smallest absolute Gasteiger partial charge is 0.337 e. The summed E-state index contributed by atoms with van der Waals surface area (Å²) >= 11 is 5.89. The Bertz CT molecular complexity index is 759. The van der Waals surface area contributed by atoms with E-state index in [0.717, 1.165) is 12.8 Å². The maximum atomic E-state index is 12.4. The molecule has 0 unspecified atom stereocenters. The van der Waals surface area contributed by atoms with E-state index in [0.29, 0.717) is 22.9 Å². The molecule has 0 spiro atoms. The molecule has 1 amide bonds. The van der Waals surface area contributed by atoms with E-state index in [1.54, 1.807) is 24.3 Å². The number of anilines is 1. The van der Waals surface area contributed by atoms with E-state index in [4.69, 9.17) is 16.3 Å². The van der Waals surface area contributed by atoms with Gasteiger partial charge < -0.3 is 15.2 Å². The number of amides is 1. The van der Waals surface area contributed by atoms with Crippen molar-refractivity contribution in [1.82, 2.24) is 0 Å². The van der Waals surface area contributed by atoms with Crippen LogP contribution in [0.3, 0.4) is 0 Å². The van der Waals surface area contributed by atoms with Crippen molar-refractivity contribution in [2.75, 3.05) is 11.9 Å². The fraction of sp³-hybridized carbons (Fsp3) is 0.300. The second kappa shape index (κ2) is 9.82. The Kier molecular flexibility index (Phi) is 7.48. The first-order chi connectivity index (χ1) is 12.5. The molecule has 0 radical (unpaired) electrons. The van der Waals surface area contributed by atoms with Crippen molar-refractivity contribution in [1.29, 1.82) is 0 Å². The normalized spacial score (nSPS) is 10.4. The first-order valence-corrected chi connectivity index (χ1v) is 8.96. The van der Waals surface area contributed by atoms with Gasteiger partial charge in [0.2, 0.25) is 0 Å². The van der Waals surface area contributed by atoms with Crippen LogP contribution in [0.5, 0.6) is 5.75 Å². The number of rotatable bonds is 9. The highest BCUT2D eigenvalue weighted by atomic mass is 35.5. The summed E-state index contributed by atoms with van der Waals surface area (Å²) in [4.78, 5) is 23.6. The van der Waals surface area contributed by atoms with Crippen LogP contribution in [0.4, 0.5) is 5.69 Å².